The molecular formula is C28H40N6O. The van der Waals surface area contributed by atoms with Gasteiger partial charge in [-0.05, 0) is 50.7 Å². The Morgan fingerprint density at radius 3 is 2.63 bits per heavy atom. The lowest BCUT2D eigenvalue weighted by molar-refractivity contribution is 0.342. The van der Waals surface area contributed by atoms with E-state index in [2.05, 4.69) is 58.8 Å². The summed E-state index contributed by atoms with van der Waals surface area (Å²) in [5.74, 6) is 3.27. The van der Waals surface area contributed by atoms with Crippen molar-refractivity contribution < 1.29 is 4.74 Å². The van der Waals surface area contributed by atoms with E-state index in [0.29, 0.717) is 18.6 Å². The fourth-order valence-corrected chi connectivity index (χ4v) is 5.61. The van der Waals surface area contributed by atoms with Crippen LogP contribution in [-0.4, -0.2) is 49.3 Å². The molecule has 0 unspecified atom stereocenters. The first-order valence-corrected chi connectivity index (χ1v) is 13.4. The molecule has 7 heteroatoms. The maximum atomic E-state index is 6.05. The molecular weight excluding hydrogens is 436 g/mol. The van der Waals surface area contributed by atoms with Crippen LogP contribution in [-0.2, 0) is 0 Å². The van der Waals surface area contributed by atoms with Gasteiger partial charge in [-0.2, -0.15) is 4.98 Å². The number of fused-ring (bicyclic) bond motifs is 1. The summed E-state index contributed by atoms with van der Waals surface area (Å²) >= 11 is 0. The first kappa shape index (κ1) is 23.8. The zero-order valence-electron chi connectivity index (χ0n) is 21.6. The molecule has 3 heterocycles. The van der Waals surface area contributed by atoms with E-state index in [1.165, 1.54) is 44.2 Å². The Hall–Kier alpha value is -2.96. The largest absolute Gasteiger partial charge is 0.492 e. The SMILES string of the molecule is C=C1CCN(C2CCCC2)c2nc(Nc3ccc(N4CCC(C)CC4)cc3OCC)ncc2N1C. The van der Waals surface area contributed by atoms with Crippen molar-refractivity contribution in [1.29, 1.82) is 0 Å². The number of hydrogen-bond acceptors (Lipinski definition) is 7. The number of benzene rings is 1. The number of hydrogen-bond donors (Lipinski definition) is 1. The third kappa shape index (κ3) is 5.04. The molecule has 5 rings (SSSR count). The van der Waals surface area contributed by atoms with Gasteiger partial charge in [0.15, 0.2) is 5.82 Å². The molecule has 1 saturated carbocycles. The molecule has 35 heavy (non-hydrogen) atoms. The van der Waals surface area contributed by atoms with Crippen LogP contribution in [0, 0.1) is 5.92 Å². The normalized spacial score (nSPS) is 19.6. The Morgan fingerprint density at radius 2 is 1.89 bits per heavy atom. The monoisotopic (exact) mass is 476 g/mol. The summed E-state index contributed by atoms with van der Waals surface area (Å²) in [5, 5.41) is 3.47. The predicted molar refractivity (Wildman–Crippen MR) is 145 cm³/mol. The number of anilines is 5. The summed E-state index contributed by atoms with van der Waals surface area (Å²) in [6.07, 6.45) is 10.4. The summed E-state index contributed by atoms with van der Waals surface area (Å²) in [7, 11) is 2.07. The van der Waals surface area contributed by atoms with Gasteiger partial charge < -0.3 is 24.8 Å². The van der Waals surface area contributed by atoms with Crippen molar-refractivity contribution in [3.63, 3.8) is 0 Å². The van der Waals surface area contributed by atoms with Crippen molar-refractivity contribution in [3.05, 3.63) is 36.7 Å². The maximum Gasteiger partial charge on any atom is 0.229 e. The Kier molecular flexibility index (Phi) is 7.02. The van der Waals surface area contributed by atoms with Crippen molar-refractivity contribution in [2.45, 2.75) is 64.8 Å². The van der Waals surface area contributed by atoms with Gasteiger partial charge in [-0.1, -0.05) is 26.3 Å². The van der Waals surface area contributed by atoms with Crippen LogP contribution < -0.4 is 24.8 Å². The molecule has 0 spiro atoms. The van der Waals surface area contributed by atoms with Crippen LogP contribution in [0.4, 0.5) is 28.8 Å². The third-order valence-electron chi connectivity index (χ3n) is 7.92. The standard InChI is InChI=1S/C28H40N6O/c1-5-35-26-18-23(33-15-12-20(2)13-16-33)10-11-24(26)30-28-29-19-25-27(31-28)34(22-8-6-7-9-22)17-14-21(3)32(25)4/h10-11,18-20,22H,3,5-9,12-17H2,1-2,4H3,(H,29,30,31). The van der Waals surface area contributed by atoms with E-state index in [1.54, 1.807) is 0 Å². The van der Waals surface area contributed by atoms with Gasteiger partial charge in [0.05, 0.1) is 18.5 Å². The number of ether oxygens (including phenoxy) is 1. The van der Waals surface area contributed by atoms with Crippen LogP contribution in [0.25, 0.3) is 0 Å². The zero-order chi connectivity index (χ0) is 24.4. The van der Waals surface area contributed by atoms with Gasteiger partial charge in [0, 0.05) is 56.6 Å². The first-order chi connectivity index (χ1) is 17.0. The molecule has 1 aliphatic carbocycles. The average molecular weight is 477 g/mol. The summed E-state index contributed by atoms with van der Waals surface area (Å²) in [6, 6.07) is 7.00. The fourth-order valence-electron chi connectivity index (χ4n) is 5.61. The van der Waals surface area contributed by atoms with Crippen LogP contribution in [0.5, 0.6) is 5.75 Å². The quantitative estimate of drug-likeness (QED) is 0.552. The molecule has 2 aliphatic heterocycles. The third-order valence-corrected chi connectivity index (χ3v) is 7.92. The highest BCUT2D eigenvalue weighted by molar-refractivity contribution is 5.74. The molecule has 0 atom stereocenters. The van der Waals surface area contributed by atoms with Gasteiger partial charge in [0.1, 0.15) is 11.4 Å². The van der Waals surface area contributed by atoms with Crippen molar-refractivity contribution in [1.82, 2.24) is 9.97 Å². The highest BCUT2D eigenvalue weighted by Gasteiger charge is 2.30. The smallest absolute Gasteiger partial charge is 0.229 e. The van der Waals surface area contributed by atoms with E-state index in [0.717, 1.165) is 60.6 Å². The van der Waals surface area contributed by atoms with Crippen LogP contribution in [0.15, 0.2) is 36.7 Å². The summed E-state index contributed by atoms with van der Waals surface area (Å²) in [4.78, 5) is 16.9. The minimum Gasteiger partial charge on any atom is -0.492 e. The maximum absolute atomic E-state index is 6.05. The van der Waals surface area contributed by atoms with Crippen molar-refractivity contribution in [2.75, 3.05) is 53.3 Å². The second-order valence-electron chi connectivity index (χ2n) is 10.3. The van der Waals surface area contributed by atoms with E-state index < -0.39 is 0 Å². The van der Waals surface area contributed by atoms with Crippen molar-refractivity contribution in [2.24, 2.45) is 5.92 Å². The molecule has 7 nitrogen and oxygen atoms in total. The fraction of sp³-hybridized carbons (Fsp3) is 0.571. The summed E-state index contributed by atoms with van der Waals surface area (Å²) in [5.41, 5.74) is 4.27. The molecule has 1 N–H and O–H groups in total. The Labute approximate surface area is 210 Å². The molecule has 1 aromatic heterocycles. The van der Waals surface area contributed by atoms with E-state index in [-0.39, 0.29) is 0 Å². The second-order valence-corrected chi connectivity index (χ2v) is 10.3. The highest BCUT2D eigenvalue weighted by Crippen LogP contribution is 2.39. The van der Waals surface area contributed by atoms with Crippen LogP contribution in [0.1, 0.15) is 58.8 Å². The zero-order valence-corrected chi connectivity index (χ0v) is 21.6. The lowest BCUT2D eigenvalue weighted by Gasteiger charge is -2.32. The minimum absolute atomic E-state index is 0.543. The van der Waals surface area contributed by atoms with Crippen molar-refractivity contribution >= 4 is 28.8 Å². The molecule has 0 bridgehead atoms. The van der Waals surface area contributed by atoms with Gasteiger partial charge in [0.25, 0.3) is 0 Å². The van der Waals surface area contributed by atoms with Gasteiger partial charge in [-0.25, -0.2) is 4.98 Å². The number of aromatic nitrogens is 2. The molecule has 188 valence electrons. The summed E-state index contributed by atoms with van der Waals surface area (Å²) in [6.45, 7) is 12.4. The number of piperidine rings is 1. The number of nitrogens with one attached hydrogen (secondary N) is 1. The molecule has 2 fully saturated rings. The van der Waals surface area contributed by atoms with E-state index in [1.807, 2.05) is 13.1 Å². The lowest BCUT2D eigenvalue weighted by Crippen LogP contribution is -2.34. The Balaban J connectivity index is 1.43. The average Bonchev–Trinajstić information content (AvgIpc) is 3.36. The minimum atomic E-state index is 0.543. The predicted octanol–water partition coefficient (Wildman–Crippen LogP) is 5.96. The number of nitrogens with zero attached hydrogens (tertiary/aromatic N) is 5. The van der Waals surface area contributed by atoms with E-state index in [4.69, 9.17) is 14.7 Å². The summed E-state index contributed by atoms with van der Waals surface area (Å²) < 4.78 is 6.05. The molecule has 0 amide bonds. The lowest BCUT2D eigenvalue weighted by atomic mass is 9.99. The van der Waals surface area contributed by atoms with Gasteiger partial charge in [0.2, 0.25) is 5.95 Å². The second kappa shape index (κ2) is 10.3. The van der Waals surface area contributed by atoms with Crippen LogP contribution in [0.2, 0.25) is 0 Å². The van der Waals surface area contributed by atoms with Gasteiger partial charge >= 0.3 is 0 Å². The van der Waals surface area contributed by atoms with Crippen molar-refractivity contribution in [3.8, 4) is 5.75 Å². The van der Waals surface area contributed by atoms with Crippen LogP contribution >= 0.6 is 0 Å². The molecule has 2 aromatic rings. The molecule has 3 aliphatic rings. The first-order valence-electron chi connectivity index (χ1n) is 13.4. The molecule has 1 aromatic carbocycles. The molecule has 0 radical (unpaired) electrons. The van der Waals surface area contributed by atoms with E-state index in [9.17, 15) is 0 Å². The van der Waals surface area contributed by atoms with Gasteiger partial charge in [-0.3, -0.25) is 0 Å². The Morgan fingerprint density at radius 1 is 1.11 bits per heavy atom. The topological polar surface area (TPSA) is 56.8 Å². The van der Waals surface area contributed by atoms with Crippen LogP contribution in [0.3, 0.4) is 0 Å². The molecule has 1 saturated heterocycles. The highest BCUT2D eigenvalue weighted by atomic mass is 16.5. The Bertz CT molecular complexity index is 1040. The van der Waals surface area contributed by atoms with Gasteiger partial charge in [-0.15, -0.1) is 0 Å². The van der Waals surface area contributed by atoms with E-state index >= 15 is 0 Å². The number of rotatable bonds is 6.